The summed E-state index contributed by atoms with van der Waals surface area (Å²) in [5, 5.41) is 25.6. The zero-order valence-electron chi connectivity index (χ0n) is 17.5. The smallest absolute Gasteiger partial charge is 0.335 e. The minimum absolute atomic E-state index is 0.169. The summed E-state index contributed by atoms with van der Waals surface area (Å²) >= 11 is 0. The number of benzene rings is 3. The van der Waals surface area contributed by atoms with Gasteiger partial charge in [0, 0.05) is 0 Å². The van der Waals surface area contributed by atoms with E-state index in [9.17, 15) is 17.8 Å². The average Bonchev–Trinajstić information content (AvgIpc) is 2.73. The standard InChI is InChI=1S/C22H20N4O5S/c1-13-4-7-18(12-21(13)32(29,30)31)24-26-20-11-14(2)19(10-15(20)3)25-23-17-8-5-16(6-9-17)22(27)28/h4-12H,1-3H3,(H,27,28)(H,29,30,31). The van der Waals surface area contributed by atoms with Crippen LogP contribution in [0.2, 0.25) is 0 Å². The SMILES string of the molecule is Cc1cc(N=Nc2ccc(C)c(S(=O)(=O)O)c2)c(C)cc1N=Nc1ccc(C(=O)O)cc1. The molecule has 0 saturated carbocycles. The van der Waals surface area contributed by atoms with Crippen LogP contribution in [-0.2, 0) is 10.1 Å². The summed E-state index contributed by atoms with van der Waals surface area (Å²) in [5.74, 6) is -1.01. The van der Waals surface area contributed by atoms with Gasteiger partial charge < -0.3 is 5.11 Å². The molecule has 0 aliphatic carbocycles. The highest BCUT2D eigenvalue weighted by molar-refractivity contribution is 7.85. The molecule has 0 unspecified atom stereocenters. The van der Waals surface area contributed by atoms with E-state index in [2.05, 4.69) is 20.5 Å². The lowest BCUT2D eigenvalue weighted by atomic mass is 10.1. The van der Waals surface area contributed by atoms with Crippen LogP contribution in [0.15, 0.2) is 79.9 Å². The van der Waals surface area contributed by atoms with Crippen LogP contribution in [0.5, 0.6) is 0 Å². The van der Waals surface area contributed by atoms with Crippen molar-refractivity contribution in [1.82, 2.24) is 0 Å². The number of hydrogen-bond acceptors (Lipinski definition) is 7. The Balaban J connectivity index is 1.84. The quantitative estimate of drug-likeness (QED) is 0.329. The number of hydrogen-bond donors (Lipinski definition) is 2. The van der Waals surface area contributed by atoms with Crippen LogP contribution in [-0.4, -0.2) is 24.0 Å². The fraction of sp³-hybridized carbons (Fsp3) is 0.136. The van der Waals surface area contributed by atoms with Gasteiger partial charge in [-0.3, -0.25) is 4.55 Å². The Morgan fingerprint density at radius 3 is 1.72 bits per heavy atom. The molecule has 0 aromatic heterocycles. The minimum atomic E-state index is -4.35. The van der Waals surface area contributed by atoms with Gasteiger partial charge in [0.1, 0.15) is 0 Å². The molecule has 0 saturated heterocycles. The molecule has 0 radical (unpaired) electrons. The van der Waals surface area contributed by atoms with Crippen molar-refractivity contribution >= 4 is 38.8 Å². The van der Waals surface area contributed by atoms with Crippen molar-refractivity contribution in [2.24, 2.45) is 20.5 Å². The lowest BCUT2D eigenvalue weighted by Gasteiger charge is -2.05. The molecule has 3 aromatic carbocycles. The molecule has 164 valence electrons. The second kappa shape index (κ2) is 9.16. The second-order valence-electron chi connectivity index (χ2n) is 7.10. The summed E-state index contributed by atoms with van der Waals surface area (Å²) in [7, 11) is -4.35. The zero-order valence-corrected chi connectivity index (χ0v) is 18.3. The predicted octanol–water partition coefficient (Wildman–Crippen LogP) is 6.39. The van der Waals surface area contributed by atoms with Gasteiger partial charge in [-0.2, -0.15) is 28.9 Å². The van der Waals surface area contributed by atoms with E-state index < -0.39 is 16.1 Å². The van der Waals surface area contributed by atoms with Gasteiger partial charge in [-0.05, 0) is 86.0 Å². The van der Waals surface area contributed by atoms with Crippen molar-refractivity contribution in [2.45, 2.75) is 25.7 Å². The van der Waals surface area contributed by atoms with Crippen LogP contribution >= 0.6 is 0 Å². The van der Waals surface area contributed by atoms with E-state index in [1.807, 2.05) is 13.8 Å². The lowest BCUT2D eigenvalue weighted by Crippen LogP contribution is -2.00. The average molecular weight is 452 g/mol. The summed E-state index contributed by atoms with van der Waals surface area (Å²) < 4.78 is 32.2. The first kappa shape index (κ1) is 22.9. The number of rotatable bonds is 6. The zero-order chi connectivity index (χ0) is 23.5. The molecule has 0 bridgehead atoms. The fourth-order valence-electron chi connectivity index (χ4n) is 2.82. The lowest BCUT2D eigenvalue weighted by molar-refractivity contribution is 0.0697. The first-order valence-corrected chi connectivity index (χ1v) is 10.8. The van der Waals surface area contributed by atoms with Crippen LogP contribution in [0.3, 0.4) is 0 Å². The topological polar surface area (TPSA) is 141 Å². The van der Waals surface area contributed by atoms with Gasteiger partial charge in [-0.25, -0.2) is 4.79 Å². The van der Waals surface area contributed by atoms with Gasteiger partial charge in [0.05, 0.1) is 33.2 Å². The van der Waals surface area contributed by atoms with Gasteiger partial charge in [0.25, 0.3) is 10.1 Å². The molecule has 0 fully saturated rings. The first-order valence-electron chi connectivity index (χ1n) is 9.41. The summed E-state index contributed by atoms with van der Waals surface area (Å²) in [5.41, 5.74) is 4.14. The first-order chi connectivity index (χ1) is 15.0. The van der Waals surface area contributed by atoms with Crippen molar-refractivity contribution < 1.29 is 22.9 Å². The highest BCUT2D eigenvalue weighted by atomic mass is 32.2. The van der Waals surface area contributed by atoms with Gasteiger partial charge in [-0.1, -0.05) is 6.07 Å². The van der Waals surface area contributed by atoms with Gasteiger partial charge in [0.15, 0.2) is 0 Å². The molecule has 0 amide bonds. The molecule has 2 N–H and O–H groups in total. The van der Waals surface area contributed by atoms with Gasteiger partial charge in [-0.15, -0.1) is 0 Å². The highest BCUT2D eigenvalue weighted by Gasteiger charge is 2.13. The van der Waals surface area contributed by atoms with Crippen LogP contribution in [0.1, 0.15) is 27.0 Å². The number of carboxylic acids is 1. The van der Waals surface area contributed by atoms with E-state index in [-0.39, 0.29) is 16.1 Å². The van der Waals surface area contributed by atoms with Gasteiger partial charge >= 0.3 is 5.97 Å². The molecular formula is C22H20N4O5S. The molecule has 0 spiro atoms. The monoisotopic (exact) mass is 452 g/mol. The van der Waals surface area contributed by atoms with Crippen LogP contribution in [0, 0.1) is 20.8 Å². The largest absolute Gasteiger partial charge is 0.478 e. The normalized spacial score (nSPS) is 12.0. The number of carboxylic acid groups (broad SMARTS) is 1. The Labute approximate surface area is 184 Å². The molecular weight excluding hydrogens is 432 g/mol. The molecule has 3 aromatic rings. The Morgan fingerprint density at radius 2 is 1.22 bits per heavy atom. The molecule has 0 heterocycles. The minimum Gasteiger partial charge on any atom is -0.478 e. The van der Waals surface area contributed by atoms with Crippen LogP contribution < -0.4 is 0 Å². The molecule has 0 aliphatic rings. The maximum absolute atomic E-state index is 11.5. The maximum Gasteiger partial charge on any atom is 0.335 e. The van der Waals surface area contributed by atoms with E-state index in [4.69, 9.17) is 5.11 Å². The van der Waals surface area contributed by atoms with Crippen molar-refractivity contribution in [3.63, 3.8) is 0 Å². The fourth-order valence-corrected chi connectivity index (χ4v) is 3.57. The molecule has 9 nitrogen and oxygen atoms in total. The summed E-state index contributed by atoms with van der Waals surface area (Å²) in [6.07, 6.45) is 0. The number of carbonyl (C=O) groups is 1. The molecule has 3 rings (SSSR count). The Bertz CT molecular complexity index is 1350. The van der Waals surface area contributed by atoms with Crippen molar-refractivity contribution in [1.29, 1.82) is 0 Å². The Hall–Kier alpha value is -3.76. The van der Waals surface area contributed by atoms with Crippen LogP contribution in [0.4, 0.5) is 22.7 Å². The second-order valence-corrected chi connectivity index (χ2v) is 8.49. The summed E-state index contributed by atoms with van der Waals surface area (Å²) in [6.45, 7) is 5.24. The van der Waals surface area contributed by atoms with Crippen molar-refractivity contribution in [2.75, 3.05) is 0 Å². The van der Waals surface area contributed by atoms with Crippen molar-refractivity contribution in [3.05, 3.63) is 76.9 Å². The number of nitrogens with zero attached hydrogens (tertiary/aromatic N) is 4. The van der Waals surface area contributed by atoms with Gasteiger partial charge in [0.2, 0.25) is 0 Å². The molecule has 0 aliphatic heterocycles. The molecule has 0 atom stereocenters. The van der Waals surface area contributed by atoms with E-state index in [1.54, 1.807) is 43.3 Å². The van der Waals surface area contributed by atoms with E-state index >= 15 is 0 Å². The molecule has 32 heavy (non-hydrogen) atoms. The van der Waals surface area contributed by atoms with E-state index in [1.165, 1.54) is 18.2 Å². The van der Waals surface area contributed by atoms with Crippen molar-refractivity contribution in [3.8, 4) is 0 Å². The third-order valence-corrected chi connectivity index (χ3v) is 5.62. The van der Waals surface area contributed by atoms with Crippen LogP contribution in [0.25, 0.3) is 0 Å². The molecule has 10 heteroatoms. The number of aromatic carboxylic acids is 1. The Morgan fingerprint density at radius 1 is 0.719 bits per heavy atom. The predicted molar refractivity (Wildman–Crippen MR) is 119 cm³/mol. The highest BCUT2D eigenvalue weighted by Crippen LogP contribution is 2.31. The summed E-state index contributed by atoms with van der Waals surface area (Å²) in [4.78, 5) is 10.7. The Kier molecular flexibility index (Phi) is 6.56. The third kappa shape index (κ3) is 5.48. The summed E-state index contributed by atoms with van der Waals surface area (Å²) in [6, 6.07) is 14.0. The number of aryl methyl sites for hydroxylation is 3. The van der Waals surface area contributed by atoms with E-state index in [0.717, 1.165) is 11.1 Å². The third-order valence-electron chi connectivity index (χ3n) is 4.62. The maximum atomic E-state index is 11.5. The van der Waals surface area contributed by atoms with E-state index in [0.29, 0.717) is 22.6 Å². The number of azo groups is 2.